The van der Waals surface area contributed by atoms with E-state index in [1.165, 1.54) is 0 Å². The zero-order valence-electron chi connectivity index (χ0n) is 8.03. The van der Waals surface area contributed by atoms with Crippen LogP contribution in [0.1, 0.15) is 11.5 Å². The second-order valence-corrected chi connectivity index (χ2v) is 3.21. The van der Waals surface area contributed by atoms with Crippen LogP contribution in [-0.4, -0.2) is 5.11 Å². The van der Waals surface area contributed by atoms with Crippen molar-refractivity contribution in [3.05, 3.63) is 47.9 Å². The molecule has 0 spiro atoms. The van der Waals surface area contributed by atoms with Gasteiger partial charge in [0.25, 0.3) is 0 Å². The summed E-state index contributed by atoms with van der Waals surface area (Å²) in [5.41, 5.74) is 2.17. The van der Waals surface area contributed by atoms with Gasteiger partial charge in [0.15, 0.2) is 0 Å². The third-order valence-corrected chi connectivity index (χ3v) is 2.21. The summed E-state index contributed by atoms with van der Waals surface area (Å²) in [7, 11) is 0. The van der Waals surface area contributed by atoms with Crippen LogP contribution < -0.4 is 0 Å². The van der Waals surface area contributed by atoms with Crippen LogP contribution in [0.3, 0.4) is 0 Å². The Balaban J connectivity index is 2.46. The molecule has 1 heterocycles. The van der Waals surface area contributed by atoms with Gasteiger partial charge in [-0.3, -0.25) is 0 Å². The smallest absolute Gasteiger partial charge is 0.130 e. The Hall–Kier alpha value is -1.54. The topological polar surface area (TPSA) is 33.4 Å². The average molecular weight is 188 g/mol. The minimum Gasteiger partial charge on any atom is -0.463 e. The highest BCUT2D eigenvalue weighted by atomic mass is 16.4. The van der Waals surface area contributed by atoms with E-state index in [4.69, 9.17) is 9.52 Å². The van der Waals surface area contributed by atoms with Crippen LogP contribution in [0.5, 0.6) is 0 Å². The fourth-order valence-electron chi connectivity index (χ4n) is 1.53. The predicted octanol–water partition coefficient (Wildman–Crippen LogP) is 2.75. The number of rotatable bonds is 2. The first kappa shape index (κ1) is 9.03. The van der Waals surface area contributed by atoms with Gasteiger partial charge in [0.05, 0.1) is 0 Å². The SMILES string of the molecule is Cc1oc(CO)cc1-c1ccccc1. The van der Waals surface area contributed by atoms with Crippen LogP contribution >= 0.6 is 0 Å². The molecule has 0 radical (unpaired) electrons. The molecular weight excluding hydrogens is 176 g/mol. The molecule has 0 fully saturated rings. The summed E-state index contributed by atoms with van der Waals surface area (Å²) in [5, 5.41) is 8.93. The number of hydrogen-bond acceptors (Lipinski definition) is 2. The summed E-state index contributed by atoms with van der Waals surface area (Å²) in [6.45, 7) is 1.86. The van der Waals surface area contributed by atoms with Crippen molar-refractivity contribution in [2.24, 2.45) is 0 Å². The Morgan fingerprint density at radius 1 is 1.21 bits per heavy atom. The third-order valence-electron chi connectivity index (χ3n) is 2.21. The minimum absolute atomic E-state index is 0.0479. The average Bonchev–Trinajstić information content (AvgIpc) is 2.61. The molecule has 0 unspecified atom stereocenters. The van der Waals surface area contributed by atoms with Gasteiger partial charge in [-0.2, -0.15) is 0 Å². The number of benzene rings is 1. The summed E-state index contributed by atoms with van der Waals surface area (Å²) in [6, 6.07) is 11.9. The van der Waals surface area contributed by atoms with Gasteiger partial charge >= 0.3 is 0 Å². The molecule has 1 aromatic heterocycles. The molecule has 0 aliphatic heterocycles. The van der Waals surface area contributed by atoms with Crippen LogP contribution in [0.4, 0.5) is 0 Å². The fraction of sp³-hybridized carbons (Fsp3) is 0.167. The molecule has 2 rings (SSSR count). The van der Waals surface area contributed by atoms with Crippen molar-refractivity contribution in [2.45, 2.75) is 13.5 Å². The summed E-state index contributed by atoms with van der Waals surface area (Å²) in [6.07, 6.45) is 0. The van der Waals surface area contributed by atoms with Gasteiger partial charge in [-0.25, -0.2) is 0 Å². The predicted molar refractivity (Wildman–Crippen MR) is 54.8 cm³/mol. The number of aryl methyl sites for hydroxylation is 1. The number of furan rings is 1. The first-order valence-corrected chi connectivity index (χ1v) is 4.57. The second-order valence-electron chi connectivity index (χ2n) is 3.21. The van der Waals surface area contributed by atoms with Crippen molar-refractivity contribution in [1.82, 2.24) is 0 Å². The molecule has 0 amide bonds. The van der Waals surface area contributed by atoms with Gasteiger partial charge in [-0.15, -0.1) is 0 Å². The Labute approximate surface area is 82.8 Å². The molecule has 0 saturated heterocycles. The molecule has 2 aromatic rings. The summed E-state index contributed by atoms with van der Waals surface area (Å²) < 4.78 is 5.37. The summed E-state index contributed by atoms with van der Waals surface area (Å²) in [4.78, 5) is 0. The molecule has 2 heteroatoms. The van der Waals surface area contributed by atoms with Gasteiger partial charge in [0.2, 0.25) is 0 Å². The monoisotopic (exact) mass is 188 g/mol. The quantitative estimate of drug-likeness (QED) is 0.786. The van der Waals surface area contributed by atoms with E-state index in [1.54, 1.807) is 0 Å². The molecule has 1 N–H and O–H groups in total. The van der Waals surface area contributed by atoms with Crippen LogP contribution in [0.25, 0.3) is 11.1 Å². The van der Waals surface area contributed by atoms with Crippen molar-refractivity contribution in [2.75, 3.05) is 0 Å². The molecule has 14 heavy (non-hydrogen) atoms. The standard InChI is InChI=1S/C12H12O2/c1-9-12(7-11(8-13)14-9)10-5-3-2-4-6-10/h2-7,13H,8H2,1H3. The lowest BCUT2D eigenvalue weighted by Gasteiger charge is -1.96. The molecule has 2 nitrogen and oxygen atoms in total. The molecule has 0 bridgehead atoms. The van der Waals surface area contributed by atoms with Crippen molar-refractivity contribution in [3.8, 4) is 11.1 Å². The Kier molecular flexibility index (Phi) is 2.37. The van der Waals surface area contributed by atoms with Crippen LogP contribution in [0, 0.1) is 6.92 Å². The number of aliphatic hydroxyl groups excluding tert-OH is 1. The van der Waals surface area contributed by atoms with Gasteiger partial charge in [0, 0.05) is 5.56 Å². The molecular formula is C12H12O2. The van der Waals surface area contributed by atoms with Gasteiger partial charge < -0.3 is 9.52 Å². The third kappa shape index (κ3) is 1.56. The van der Waals surface area contributed by atoms with E-state index in [-0.39, 0.29) is 6.61 Å². The molecule has 72 valence electrons. The van der Waals surface area contributed by atoms with Crippen LogP contribution in [0.2, 0.25) is 0 Å². The van der Waals surface area contributed by atoms with E-state index in [1.807, 2.05) is 43.3 Å². The lowest BCUT2D eigenvalue weighted by Crippen LogP contribution is -1.75. The Bertz CT molecular complexity index is 415. The normalized spacial score (nSPS) is 10.4. The molecule has 0 atom stereocenters. The van der Waals surface area contributed by atoms with Gasteiger partial charge in [-0.05, 0) is 18.6 Å². The van der Waals surface area contributed by atoms with E-state index < -0.39 is 0 Å². The highest BCUT2D eigenvalue weighted by molar-refractivity contribution is 5.65. The minimum atomic E-state index is -0.0479. The lowest BCUT2D eigenvalue weighted by atomic mass is 10.1. The Morgan fingerprint density at radius 2 is 1.93 bits per heavy atom. The molecule has 0 saturated carbocycles. The van der Waals surface area contributed by atoms with Crippen molar-refractivity contribution >= 4 is 0 Å². The summed E-state index contributed by atoms with van der Waals surface area (Å²) in [5.74, 6) is 1.46. The van der Waals surface area contributed by atoms with Crippen molar-refractivity contribution < 1.29 is 9.52 Å². The fourth-order valence-corrected chi connectivity index (χ4v) is 1.53. The first-order valence-electron chi connectivity index (χ1n) is 4.57. The highest BCUT2D eigenvalue weighted by Gasteiger charge is 2.07. The van der Waals surface area contributed by atoms with Gasteiger partial charge in [-0.1, -0.05) is 30.3 Å². The van der Waals surface area contributed by atoms with E-state index in [9.17, 15) is 0 Å². The van der Waals surface area contributed by atoms with Crippen LogP contribution in [-0.2, 0) is 6.61 Å². The van der Waals surface area contributed by atoms with Crippen molar-refractivity contribution in [3.63, 3.8) is 0 Å². The molecule has 0 aliphatic rings. The maximum Gasteiger partial charge on any atom is 0.130 e. The first-order chi connectivity index (χ1) is 6.81. The zero-order valence-corrected chi connectivity index (χ0v) is 8.03. The van der Waals surface area contributed by atoms with Crippen LogP contribution in [0.15, 0.2) is 40.8 Å². The zero-order chi connectivity index (χ0) is 9.97. The van der Waals surface area contributed by atoms with E-state index >= 15 is 0 Å². The molecule has 0 aliphatic carbocycles. The van der Waals surface area contributed by atoms with E-state index in [2.05, 4.69) is 0 Å². The second kappa shape index (κ2) is 3.68. The summed E-state index contributed by atoms with van der Waals surface area (Å²) >= 11 is 0. The van der Waals surface area contributed by atoms with Crippen molar-refractivity contribution in [1.29, 1.82) is 0 Å². The Morgan fingerprint density at radius 3 is 2.50 bits per heavy atom. The maximum atomic E-state index is 8.93. The van der Waals surface area contributed by atoms with E-state index in [0.29, 0.717) is 5.76 Å². The maximum absolute atomic E-state index is 8.93. The highest BCUT2D eigenvalue weighted by Crippen LogP contribution is 2.26. The number of hydrogen-bond donors (Lipinski definition) is 1. The lowest BCUT2D eigenvalue weighted by molar-refractivity contribution is 0.245. The number of aliphatic hydroxyl groups is 1. The van der Waals surface area contributed by atoms with E-state index in [0.717, 1.165) is 16.9 Å². The molecule has 1 aromatic carbocycles. The largest absolute Gasteiger partial charge is 0.463 e. The van der Waals surface area contributed by atoms with Gasteiger partial charge in [0.1, 0.15) is 18.1 Å².